The molecule has 32 heavy (non-hydrogen) atoms. The number of rotatable bonds is 8. The summed E-state index contributed by atoms with van der Waals surface area (Å²) in [5.41, 5.74) is 0.453. The molecule has 3 rings (SSSR count). The van der Waals surface area contributed by atoms with Gasteiger partial charge in [-0.05, 0) is 35.9 Å². The molecule has 0 amide bonds. The Morgan fingerprint density at radius 1 is 1.19 bits per heavy atom. The van der Waals surface area contributed by atoms with Gasteiger partial charge in [-0.1, -0.05) is 6.07 Å². The van der Waals surface area contributed by atoms with Gasteiger partial charge in [0.05, 0.1) is 12.0 Å². The minimum absolute atomic E-state index is 0.0383. The van der Waals surface area contributed by atoms with E-state index < -0.39 is 35.5 Å². The van der Waals surface area contributed by atoms with E-state index >= 15 is 0 Å². The van der Waals surface area contributed by atoms with Gasteiger partial charge in [0, 0.05) is 18.2 Å². The van der Waals surface area contributed by atoms with Gasteiger partial charge in [0.25, 0.3) is 5.69 Å². The maximum atomic E-state index is 12.0. The topological polar surface area (TPSA) is 158 Å². The summed E-state index contributed by atoms with van der Waals surface area (Å²) < 4.78 is 20.9. The van der Waals surface area contributed by atoms with Crippen LogP contribution in [0.5, 0.6) is 17.2 Å². The fourth-order valence-electron chi connectivity index (χ4n) is 2.90. The Kier molecular flexibility index (Phi) is 7.25. The number of aliphatic hydroxyl groups is 2. The summed E-state index contributed by atoms with van der Waals surface area (Å²) in [6.45, 7) is -0.347. The maximum absolute atomic E-state index is 12.0. The van der Waals surface area contributed by atoms with Crippen molar-refractivity contribution in [2.45, 2.75) is 24.6 Å². The fourth-order valence-corrected chi connectivity index (χ4v) is 2.90. The summed E-state index contributed by atoms with van der Waals surface area (Å²) in [4.78, 5) is 22.1. The third-order valence-corrected chi connectivity index (χ3v) is 4.62. The molecule has 0 unspecified atom stereocenters. The van der Waals surface area contributed by atoms with E-state index in [0.29, 0.717) is 5.56 Å². The number of hydrogen-bond donors (Lipinski definition) is 3. The average molecular weight is 447 g/mol. The highest BCUT2D eigenvalue weighted by atomic mass is 16.7. The number of phenols is 1. The van der Waals surface area contributed by atoms with Crippen LogP contribution in [0.25, 0.3) is 6.08 Å². The molecule has 0 radical (unpaired) electrons. The average Bonchev–Trinajstić information content (AvgIpc) is 3.05. The molecular formula is C21H21NO10. The summed E-state index contributed by atoms with van der Waals surface area (Å²) in [6, 6.07) is 9.62. The van der Waals surface area contributed by atoms with Crippen LogP contribution in [0.3, 0.4) is 0 Å². The predicted molar refractivity (Wildman–Crippen MR) is 109 cm³/mol. The first kappa shape index (κ1) is 23.0. The third-order valence-electron chi connectivity index (χ3n) is 4.62. The zero-order chi connectivity index (χ0) is 23.3. The number of hydrogen-bond acceptors (Lipinski definition) is 10. The Labute approximate surface area is 182 Å². The van der Waals surface area contributed by atoms with Gasteiger partial charge < -0.3 is 34.3 Å². The highest BCUT2D eigenvalue weighted by Gasteiger charge is 2.44. The van der Waals surface area contributed by atoms with Crippen molar-refractivity contribution in [1.29, 1.82) is 0 Å². The molecule has 11 heteroatoms. The molecule has 1 aliphatic heterocycles. The van der Waals surface area contributed by atoms with Crippen LogP contribution in [0, 0.1) is 10.1 Å². The van der Waals surface area contributed by atoms with Crippen LogP contribution in [0.15, 0.2) is 48.5 Å². The molecule has 2 aromatic rings. The molecule has 0 aromatic heterocycles. The van der Waals surface area contributed by atoms with Crippen LogP contribution < -0.4 is 9.47 Å². The first-order chi connectivity index (χ1) is 15.3. The number of carbonyl (C=O) groups is 1. The zero-order valence-corrected chi connectivity index (χ0v) is 16.9. The number of nitro groups is 1. The molecule has 0 bridgehead atoms. The Bertz CT molecular complexity index is 991. The molecule has 170 valence electrons. The van der Waals surface area contributed by atoms with Gasteiger partial charge in [0.1, 0.15) is 30.7 Å². The molecule has 1 fully saturated rings. The van der Waals surface area contributed by atoms with E-state index in [9.17, 15) is 30.2 Å². The first-order valence-corrected chi connectivity index (χ1v) is 9.43. The van der Waals surface area contributed by atoms with Crippen LogP contribution in [0.4, 0.5) is 5.69 Å². The lowest BCUT2D eigenvalue weighted by molar-refractivity contribution is -0.384. The van der Waals surface area contributed by atoms with Crippen molar-refractivity contribution >= 4 is 17.7 Å². The minimum atomic E-state index is -1.42. The predicted octanol–water partition coefficient (Wildman–Crippen LogP) is 1.39. The van der Waals surface area contributed by atoms with Crippen LogP contribution >= 0.6 is 0 Å². The lowest BCUT2D eigenvalue weighted by Crippen LogP contribution is -2.36. The van der Waals surface area contributed by atoms with E-state index in [1.165, 1.54) is 49.6 Å². The largest absolute Gasteiger partial charge is 0.504 e. The Balaban J connectivity index is 1.52. The van der Waals surface area contributed by atoms with Crippen molar-refractivity contribution in [2.75, 3.05) is 13.7 Å². The second-order valence-corrected chi connectivity index (χ2v) is 6.79. The van der Waals surface area contributed by atoms with E-state index in [-0.39, 0.29) is 29.5 Å². The SMILES string of the molecule is COc1cc(/C=C/C(=O)OC[C@@H]2O[C@@H](Oc3ccc([N+](=O)[O-])cc3)[C@H](O)[C@H]2O)ccc1O. The molecule has 1 aliphatic rings. The molecule has 0 aliphatic carbocycles. The van der Waals surface area contributed by atoms with Gasteiger partial charge in [-0.2, -0.15) is 0 Å². The number of methoxy groups -OCH3 is 1. The Hall–Kier alpha value is -3.67. The highest BCUT2D eigenvalue weighted by Crippen LogP contribution is 2.27. The van der Waals surface area contributed by atoms with E-state index in [0.717, 1.165) is 6.08 Å². The number of ether oxygens (including phenoxy) is 4. The third kappa shape index (κ3) is 5.52. The lowest BCUT2D eigenvalue weighted by atomic mass is 10.1. The van der Waals surface area contributed by atoms with E-state index in [1.54, 1.807) is 6.07 Å². The van der Waals surface area contributed by atoms with Gasteiger partial charge >= 0.3 is 5.97 Å². The Morgan fingerprint density at radius 2 is 1.91 bits per heavy atom. The molecular weight excluding hydrogens is 426 g/mol. The number of aromatic hydroxyl groups is 1. The smallest absolute Gasteiger partial charge is 0.330 e. The second kappa shape index (κ2) is 10.1. The number of nitro benzene ring substituents is 1. The van der Waals surface area contributed by atoms with Gasteiger partial charge in [0.15, 0.2) is 11.5 Å². The van der Waals surface area contributed by atoms with Crippen LogP contribution in [-0.4, -0.2) is 64.5 Å². The number of phenolic OH excluding ortho intramolecular Hbond substituents is 1. The molecule has 4 atom stereocenters. The van der Waals surface area contributed by atoms with Crippen molar-refractivity contribution in [1.82, 2.24) is 0 Å². The van der Waals surface area contributed by atoms with Gasteiger partial charge in [-0.15, -0.1) is 0 Å². The number of non-ortho nitro benzene ring substituents is 1. The Morgan fingerprint density at radius 3 is 2.56 bits per heavy atom. The number of nitrogens with zero attached hydrogens (tertiary/aromatic N) is 1. The second-order valence-electron chi connectivity index (χ2n) is 6.79. The maximum Gasteiger partial charge on any atom is 0.330 e. The van der Waals surface area contributed by atoms with Crippen molar-refractivity contribution in [3.8, 4) is 17.2 Å². The number of esters is 1. The summed E-state index contributed by atoms with van der Waals surface area (Å²) in [6.07, 6.45) is -2.50. The summed E-state index contributed by atoms with van der Waals surface area (Å²) in [5, 5.41) is 40.5. The molecule has 3 N–H and O–H groups in total. The lowest BCUT2D eigenvalue weighted by Gasteiger charge is -2.16. The number of aliphatic hydroxyl groups excluding tert-OH is 2. The highest BCUT2D eigenvalue weighted by molar-refractivity contribution is 5.87. The molecule has 0 spiro atoms. The van der Waals surface area contributed by atoms with Crippen molar-refractivity contribution in [3.63, 3.8) is 0 Å². The fraction of sp³-hybridized carbons (Fsp3) is 0.286. The summed E-state index contributed by atoms with van der Waals surface area (Å²) in [5.74, 6) is -0.321. The molecule has 0 saturated carbocycles. The van der Waals surface area contributed by atoms with Gasteiger partial charge in [0.2, 0.25) is 6.29 Å². The molecule has 2 aromatic carbocycles. The normalized spacial score (nSPS) is 22.6. The van der Waals surface area contributed by atoms with E-state index in [2.05, 4.69) is 0 Å². The summed E-state index contributed by atoms with van der Waals surface area (Å²) in [7, 11) is 1.40. The van der Waals surface area contributed by atoms with E-state index in [4.69, 9.17) is 18.9 Å². The van der Waals surface area contributed by atoms with Crippen LogP contribution in [0.2, 0.25) is 0 Å². The van der Waals surface area contributed by atoms with Crippen molar-refractivity contribution in [3.05, 3.63) is 64.2 Å². The van der Waals surface area contributed by atoms with E-state index in [1.807, 2.05) is 0 Å². The van der Waals surface area contributed by atoms with Crippen molar-refractivity contribution < 1.29 is 44.0 Å². The standard InChI is InChI=1S/C21H21NO10/c1-29-16-10-12(2-8-15(16)23)3-9-18(24)30-11-17-19(25)20(26)21(32-17)31-14-6-4-13(5-7-14)22(27)28/h2-10,17,19-21,23,25-26H,11H2,1H3/b9-3+/t17-,19-,20+,21+/m0/s1. The van der Waals surface area contributed by atoms with Crippen LogP contribution in [-0.2, 0) is 14.3 Å². The number of carbonyl (C=O) groups excluding carboxylic acids is 1. The first-order valence-electron chi connectivity index (χ1n) is 9.43. The minimum Gasteiger partial charge on any atom is -0.504 e. The van der Waals surface area contributed by atoms with Crippen molar-refractivity contribution in [2.24, 2.45) is 0 Å². The van der Waals surface area contributed by atoms with Gasteiger partial charge in [-0.3, -0.25) is 10.1 Å². The monoisotopic (exact) mass is 447 g/mol. The molecule has 11 nitrogen and oxygen atoms in total. The molecule has 1 heterocycles. The van der Waals surface area contributed by atoms with Crippen LogP contribution in [0.1, 0.15) is 5.56 Å². The summed E-state index contributed by atoms with van der Waals surface area (Å²) >= 11 is 0. The van der Waals surface area contributed by atoms with Gasteiger partial charge in [-0.25, -0.2) is 4.79 Å². The molecule has 1 saturated heterocycles. The zero-order valence-electron chi connectivity index (χ0n) is 16.9. The quantitative estimate of drug-likeness (QED) is 0.234. The number of benzene rings is 2.